The topological polar surface area (TPSA) is 37.3 Å². The van der Waals surface area contributed by atoms with Crippen LogP contribution in [0.3, 0.4) is 0 Å². The van der Waals surface area contributed by atoms with Crippen LogP contribution in [0.5, 0.6) is 0 Å². The quantitative estimate of drug-likeness (QED) is 0.774. The van der Waals surface area contributed by atoms with Crippen molar-refractivity contribution in [1.29, 1.82) is 0 Å². The van der Waals surface area contributed by atoms with E-state index in [1.807, 2.05) is 4.90 Å². The molecule has 0 spiro atoms. The van der Waals surface area contributed by atoms with Gasteiger partial charge in [0.25, 0.3) is 0 Å². The molecule has 0 aliphatic carbocycles. The molecule has 1 amide bonds. The monoisotopic (exact) mass is 335 g/mol. The molecule has 0 radical (unpaired) electrons. The Hall–Kier alpha value is -2.49. The summed E-state index contributed by atoms with van der Waals surface area (Å²) in [4.78, 5) is 14.3. The molecular formula is C21H25N3O. The Balaban J connectivity index is 1.58. The largest absolute Gasteiger partial charge is 0.376 e. The van der Waals surface area contributed by atoms with Crippen LogP contribution in [0.25, 0.3) is 21.8 Å². The Kier molecular flexibility index (Phi) is 4.35. The summed E-state index contributed by atoms with van der Waals surface area (Å²) in [5.41, 5.74) is 3.52. The summed E-state index contributed by atoms with van der Waals surface area (Å²) in [6, 6.07) is 14.9. The Morgan fingerprint density at radius 1 is 1.00 bits per heavy atom. The average Bonchev–Trinajstić information content (AvgIpc) is 3.00. The predicted molar refractivity (Wildman–Crippen MR) is 104 cm³/mol. The Labute approximate surface area is 148 Å². The lowest BCUT2D eigenvalue weighted by Gasteiger charge is -2.26. The highest BCUT2D eigenvalue weighted by Gasteiger charge is 2.16. The number of benzene rings is 2. The second-order valence-corrected chi connectivity index (χ2v) is 6.79. The fraction of sp³-hybridized carbons (Fsp3) is 0.381. The van der Waals surface area contributed by atoms with E-state index in [2.05, 4.69) is 59.3 Å². The van der Waals surface area contributed by atoms with Gasteiger partial charge in [-0.2, -0.15) is 0 Å². The van der Waals surface area contributed by atoms with E-state index in [4.69, 9.17) is 0 Å². The molecule has 1 saturated heterocycles. The molecule has 130 valence electrons. The normalized spacial score (nSPS) is 15.0. The number of likely N-dealkylation sites (tertiary alicyclic amines) is 1. The third-order valence-electron chi connectivity index (χ3n) is 5.24. The van der Waals surface area contributed by atoms with Crippen LogP contribution >= 0.6 is 0 Å². The molecule has 0 saturated carbocycles. The Morgan fingerprint density at radius 3 is 2.56 bits per heavy atom. The Morgan fingerprint density at radius 2 is 1.76 bits per heavy atom. The van der Waals surface area contributed by atoms with Crippen LogP contribution in [0.2, 0.25) is 0 Å². The molecule has 2 aromatic carbocycles. The highest BCUT2D eigenvalue weighted by atomic mass is 16.2. The maximum atomic E-state index is 12.4. The number of rotatable bonds is 4. The van der Waals surface area contributed by atoms with E-state index in [9.17, 15) is 4.79 Å². The van der Waals surface area contributed by atoms with E-state index in [1.54, 1.807) is 0 Å². The average molecular weight is 335 g/mol. The molecular weight excluding hydrogens is 310 g/mol. The second-order valence-electron chi connectivity index (χ2n) is 6.79. The molecule has 4 heteroatoms. The molecule has 0 unspecified atom stereocenters. The van der Waals surface area contributed by atoms with Gasteiger partial charge in [0.15, 0.2) is 0 Å². The molecule has 1 aromatic heterocycles. The first kappa shape index (κ1) is 16.0. The molecule has 4 nitrogen and oxygen atoms in total. The number of hydrogen-bond donors (Lipinski definition) is 1. The number of carbonyl (C=O) groups excluding carboxylic acids is 1. The molecule has 0 atom stereocenters. The lowest BCUT2D eigenvalue weighted by Crippen LogP contribution is -2.39. The zero-order valence-electron chi connectivity index (χ0n) is 14.8. The van der Waals surface area contributed by atoms with Gasteiger partial charge < -0.3 is 14.8 Å². The van der Waals surface area contributed by atoms with Crippen molar-refractivity contribution in [3.8, 4) is 0 Å². The number of piperidine rings is 1. The van der Waals surface area contributed by atoms with Gasteiger partial charge in [-0.15, -0.1) is 0 Å². The van der Waals surface area contributed by atoms with Crippen LogP contribution in [0.15, 0.2) is 42.5 Å². The van der Waals surface area contributed by atoms with Crippen molar-refractivity contribution >= 4 is 33.4 Å². The third kappa shape index (κ3) is 2.97. The molecule has 3 aromatic rings. The smallest absolute Gasteiger partial charge is 0.241 e. The van der Waals surface area contributed by atoms with E-state index in [1.165, 1.54) is 28.2 Å². The standard InChI is InChI=1S/C21H25N3O/c1-2-24-19-9-5-4-8-17(19)18-14-16(10-11-20(18)24)22-15-21(25)23-12-6-3-7-13-23/h4-5,8-11,14,22H,2-3,6-7,12-13,15H2,1H3. The van der Waals surface area contributed by atoms with Crippen molar-refractivity contribution in [3.63, 3.8) is 0 Å². The van der Waals surface area contributed by atoms with Crippen LogP contribution in [0, 0.1) is 0 Å². The van der Waals surface area contributed by atoms with E-state index in [0.717, 1.165) is 38.2 Å². The highest BCUT2D eigenvalue weighted by molar-refractivity contribution is 6.09. The van der Waals surface area contributed by atoms with Gasteiger partial charge in [0.1, 0.15) is 0 Å². The fourth-order valence-electron chi connectivity index (χ4n) is 3.94. The fourth-order valence-corrected chi connectivity index (χ4v) is 3.94. The number of aryl methyl sites for hydroxylation is 1. The van der Waals surface area contributed by atoms with Gasteiger partial charge in [0.05, 0.1) is 6.54 Å². The molecule has 1 fully saturated rings. The van der Waals surface area contributed by atoms with Crippen LogP contribution in [0.4, 0.5) is 5.69 Å². The van der Waals surface area contributed by atoms with Crippen LogP contribution in [-0.2, 0) is 11.3 Å². The lowest BCUT2D eigenvalue weighted by atomic mass is 10.1. The highest BCUT2D eigenvalue weighted by Crippen LogP contribution is 2.30. The van der Waals surface area contributed by atoms with E-state index >= 15 is 0 Å². The number of amides is 1. The first-order chi connectivity index (χ1) is 12.3. The summed E-state index contributed by atoms with van der Waals surface area (Å²) in [5, 5.41) is 5.84. The van der Waals surface area contributed by atoms with E-state index in [-0.39, 0.29) is 5.91 Å². The van der Waals surface area contributed by atoms with Crippen molar-refractivity contribution in [2.45, 2.75) is 32.7 Å². The third-order valence-corrected chi connectivity index (χ3v) is 5.24. The number of carbonyl (C=O) groups is 1. The first-order valence-corrected chi connectivity index (χ1v) is 9.30. The van der Waals surface area contributed by atoms with Crippen LogP contribution in [-0.4, -0.2) is 35.0 Å². The summed E-state index contributed by atoms with van der Waals surface area (Å²) in [7, 11) is 0. The SMILES string of the molecule is CCn1c2ccccc2c2cc(NCC(=O)N3CCCCC3)ccc21. The molecule has 1 aliphatic rings. The summed E-state index contributed by atoms with van der Waals surface area (Å²) in [5.74, 6) is 0.204. The van der Waals surface area contributed by atoms with Gasteiger partial charge in [-0.25, -0.2) is 0 Å². The molecule has 2 heterocycles. The number of fused-ring (bicyclic) bond motifs is 3. The van der Waals surface area contributed by atoms with Crippen molar-refractivity contribution in [3.05, 3.63) is 42.5 Å². The molecule has 1 aliphatic heterocycles. The minimum Gasteiger partial charge on any atom is -0.376 e. The maximum absolute atomic E-state index is 12.4. The number of nitrogens with zero attached hydrogens (tertiary/aromatic N) is 2. The van der Waals surface area contributed by atoms with Crippen molar-refractivity contribution in [2.75, 3.05) is 25.0 Å². The molecule has 1 N–H and O–H groups in total. The van der Waals surface area contributed by atoms with Crippen LogP contribution in [0.1, 0.15) is 26.2 Å². The van der Waals surface area contributed by atoms with Gasteiger partial charge in [0.2, 0.25) is 5.91 Å². The van der Waals surface area contributed by atoms with Crippen molar-refractivity contribution in [2.24, 2.45) is 0 Å². The minimum atomic E-state index is 0.204. The lowest BCUT2D eigenvalue weighted by molar-refractivity contribution is -0.130. The zero-order chi connectivity index (χ0) is 17.2. The van der Waals surface area contributed by atoms with Gasteiger partial charge in [0, 0.05) is 47.1 Å². The van der Waals surface area contributed by atoms with Gasteiger partial charge in [-0.1, -0.05) is 18.2 Å². The number of nitrogens with one attached hydrogen (secondary N) is 1. The van der Waals surface area contributed by atoms with Crippen LogP contribution < -0.4 is 5.32 Å². The Bertz CT molecular complexity index is 906. The molecule has 4 rings (SSSR count). The summed E-state index contributed by atoms with van der Waals surface area (Å²) < 4.78 is 2.34. The first-order valence-electron chi connectivity index (χ1n) is 9.30. The van der Waals surface area contributed by atoms with Crippen molar-refractivity contribution < 1.29 is 4.79 Å². The van der Waals surface area contributed by atoms with Gasteiger partial charge in [-0.05, 0) is 50.5 Å². The number of hydrogen-bond acceptors (Lipinski definition) is 2. The second kappa shape index (κ2) is 6.79. The summed E-state index contributed by atoms with van der Waals surface area (Å²) >= 11 is 0. The number of aromatic nitrogens is 1. The summed E-state index contributed by atoms with van der Waals surface area (Å²) in [6.45, 7) is 5.31. The minimum absolute atomic E-state index is 0.204. The van der Waals surface area contributed by atoms with Gasteiger partial charge >= 0.3 is 0 Å². The maximum Gasteiger partial charge on any atom is 0.241 e. The zero-order valence-corrected chi connectivity index (χ0v) is 14.8. The van der Waals surface area contributed by atoms with E-state index in [0.29, 0.717) is 6.54 Å². The van der Waals surface area contributed by atoms with E-state index < -0.39 is 0 Å². The molecule has 25 heavy (non-hydrogen) atoms. The molecule has 0 bridgehead atoms. The summed E-state index contributed by atoms with van der Waals surface area (Å²) in [6.07, 6.45) is 3.51. The van der Waals surface area contributed by atoms with Crippen molar-refractivity contribution in [1.82, 2.24) is 9.47 Å². The number of para-hydroxylation sites is 1. The predicted octanol–water partition coefficient (Wildman–Crippen LogP) is 4.24. The number of anilines is 1. The van der Waals surface area contributed by atoms with Gasteiger partial charge in [-0.3, -0.25) is 4.79 Å².